The maximum absolute atomic E-state index is 5.28. The van der Waals surface area contributed by atoms with E-state index in [1.54, 1.807) is 18.4 Å². The van der Waals surface area contributed by atoms with Gasteiger partial charge in [-0.05, 0) is 23.6 Å². The van der Waals surface area contributed by atoms with Crippen molar-refractivity contribution in [2.75, 3.05) is 12.4 Å². The van der Waals surface area contributed by atoms with Gasteiger partial charge in [-0.25, -0.2) is 4.98 Å². The number of hydrogen-bond acceptors (Lipinski definition) is 4. The minimum absolute atomic E-state index is 0.0251. The van der Waals surface area contributed by atoms with Crippen LogP contribution >= 0.6 is 11.3 Å². The lowest BCUT2D eigenvalue weighted by molar-refractivity contribution is 0.415. The molecule has 1 N–H and O–H groups in total. The Kier molecular flexibility index (Phi) is 3.92. The van der Waals surface area contributed by atoms with Crippen LogP contribution in [0.3, 0.4) is 0 Å². The molecule has 5 heteroatoms. The quantitative estimate of drug-likeness (QED) is 0.781. The van der Waals surface area contributed by atoms with E-state index in [1.165, 1.54) is 4.88 Å². The second-order valence-corrected chi connectivity index (χ2v) is 5.70. The molecule has 2 heterocycles. The van der Waals surface area contributed by atoms with Crippen LogP contribution in [0, 0.1) is 0 Å². The average molecular weight is 299 g/mol. The van der Waals surface area contributed by atoms with Crippen molar-refractivity contribution in [2.45, 2.75) is 6.04 Å². The van der Waals surface area contributed by atoms with E-state index in [1.807, 2.05) is 48.3 Å². The number of methoxy groups -OCH3 is 1. The zero-order chi connectivity index (χ0) is 14.7. The molecule has 0 saturated carbocycles. The first-order chi connectivity index (χ1) is 10.3. The maximum atomic E-state index is 5.28. The zero-order valence-corrected chi connectivity index (χ0v) is 12.8. The SMILES string of the molecule is COc1cccc(NC(c2cccs2)c2nccn2C)c1. The van der Waals surface area contributed by atoms with Gasteiger partial charge in [0.1, 0.15) is 17.6 Å². The van der Waals surface area contributed by atoms with Crippen LogP contribution in [0.1, 0.15) is 16.7 Å². The molecule has 0 saturated heterocycles. The molecule has 0 spiro atoms. The summed E-state index contributed by atoms with van der Waals surface area (Å²) in [5.41, 5.74) is 1.01. The number of nitrogens with one attached hydrogen (secondary N) is 1. The van der Waals surface area contributed by atoms with Gasteiger partial charge in [0.25, 0.3) is 0 Å². The number of imidazole rings is 1. The third-order valence-corrected chi connectivity index (χ3v) is 4.26. The number of thiophene rings is 1. The summed E-state index contributed by atoms with van der Waals surface area (Å²) < 4.78 is 7.32. The summed E-state index contributed by atoms with van der Waals surface area (Å²) in [7, 11) is 3.69. The van der Waals surface area contributed by atoms with Crippen LogP contribution in [-0.2, 0) is 7.05 Å². The number of anilines is 1. The van der Waals surface area contributed by atoms with Gasteiger partial charge in [-0.15, -0.1) is 11.3 Å². The van der Waals surface area contributed by atoms with Gasteiger partial charge in [0.15, 0.2) is 0 Å². The number of hydrogen-bond donors (Lipinski definition) is 1. The van der Waals surface area contributed by atoms with Gasteiger partial charge in [0.2, 0.25) is 0 Å². The molecule has 0 aliphatic rings. The molecule has 3 aromatic rings. The summed E-state index contributed by atoms with van der Waals surface area (Å²) in [4.78, 5) is 5.72. The highest BCUT2D eigenvalue weighted by Crippen LogP contribution is 2.29. The Labute approximate surface area is 128 Å². The van der Waals surface area contributed by atoms with E-state index in [-0.39, 0.29) is 6.04 Å². The van der Waals surface area contributed by atoms with Crippen LogP contribution < -0.4 is 10.1 Å². The smallest absolute Gasteiger partial charge is 0.136 e. The van der Waals surface area contributed by atoms with Crippen LogP contribution in [0.4, 0.5) is 5.69 Å². The van der Waals surface area contributed by atoms with Gasteiger partial charge >= 0.3 is 0 Å². The molecule has 1 aromatic carbocycles. The van der Waals surface area contributed by atoms with Crippen LogP contribution in [0.5, 0.6) is 5.75 Å². The van der Waals surface area contributed by atoms with Crippen molar-refractivity contribution in [3.05, 3.63) is 64.9 Å². The van der Waals surface area contributed by atoms with E-state index in [4.69, 9.17) is 4.74 Å². The molecule has 108 valence electrons. The molecule has 0 fully saturated rings. The van der Waals surface area contributed by atoms with E-state index in [9.17, 15) is 0 Å². The first-order valence-electron chi connectivity index (χ1n) is 6.69. The average Bonchev–Trinajstić information content (AvgIpc) is 3.17. The van der Waals surface area contributed by atoms with Crippen molar-refractivity contribution in [2.24, 2.45) is 7.05 Å². The fourth-order valence-electron chi connectivity index (χ4n) is 2.25. The molecule has 4 nitrogen and oxygen atoms in total. The minimum Gasteiger partial charge on any atom is -0.497 e. The number of ether oxygens (including phenoxy) is 1. The van der Waals surface area contributed by atoms with Gasteiger partial charge in [-0.1, -0.05) is 12.1 Å². The maximum Gasteiger partial charge on any atom is 0.136 e. The molecule has 0 radical (unpaired) electrons. The number of aryl methyl sites for hydroxylation is 1. The predicted octanol–water partition coefficient (Wildman–Crippen LogP) is 3.69. The molecule has 1 unspecified atom stereocenters. The normalized spacial score (nSPS) is 12.1. The van der Waals surface area contributed by atoms with Crippen molar-refractivity contribution >= 4 is 17.0 Å². The van der Waals surface area contributed by atoms with Crippen molar-refractivity contribution < 1.29 is 4.74 Å². The molecule has 0 bridgehead atoms. The van der Waals surface area contributed by atoms with Gasteiger partial charge in [0.05, 0.1) is 7.11 Å². The second kappa shape index (κ2) is 6.01. The molecule has 0 amide bonds. The van der Waals surface area contributed by atoms with Gasteiger partial charge in [0, 0.05) is 36.1 Å². The fourth-order valence-corrected chi connectivity index (χ4v) is 3.03. The first-order valence-corrected chi connectivity index (χ1v) is 7.57. The van der Waals surface area contributed by atoms with Crippen LogP contribution in [0.15, 0.2) is 54.2 Å². The molecule has 2 aromatic heterocycles. The number of rotatable bonds is 5. The predicted molar refractivity (Wildman–Crippen MR) is 86.0 cm³/mol. The van der Waals surface area contributed by atoms with E-state index < -0.39 is 0 Å². The summed E-state index contributed by atoms with van der Waals surface area (Å²) in [6.45, 7) is 0. The zero-order valence-electron chi connectivity index (χ0n) is 12.0. The summed E-state index contributed by atoms with van der Waals surface area (Å²) in [5.74, 6) is 1.82. The lowest BCUT2D eigenvalue weighted by atomic mass is 10.2. The summed E-state index contributed by atoms with van der Waals surface area (Å²) in [6.07, 6.45) is 3.78. The molecule has 0 aliphatic heterocycles. The van der Waals surface area contributed by atoms with E-state index in [0.29, 0.717) is 0 Å². The standard InChI is InChI=1S/C16H17N3OS/c1-19-9-8-17-16(19)15(14-7-4-10-21-14)18-12-5-3-6-13(11-12)20-2/h3-11,15,18H,1-2H3. The van der Waals surface area contributed by atoms with Crippen LogP contribution in [0.25, 0.3) is 0 Å². The fraction of sp³-hybridized carbons (Fsp3) is 0.188. The molecule has 3 rings (SSSR count). The molecular formula is C16H17N3OS. The van der Waals surface area contributed by atoms with Crippen molar-refractivity contribution in [1.82, 2.24) is 9.55 Å². The summed E-state index contributed by atoms with van der Waals surface area (Å²) >= 11 is 1.72. The van der Waals surface area contributed by atoms with Crippen LogP contribution in [0.2, 0.25) is 0 Å². The Morgan fingerprint density at radius 3 is 2.86 bits per heavy atom. The van der Waals surface area contributed by atoms with Crippen LogP contribution in [-0.4, -0.2) is 16.7 Å². The Bertz CT molecular complexity index is 706. The first kappa shape index (κ1) is 13.7. The monoisotopic (exact) mass is 299 g/mol. The summed E-state index contributed by atoms with van der Waals surface area (Å²) in [6, 6.07) is 12.1. The van der Waals surface area contributed by atoms with E-state index in [2.05, 4.69) is 27.8 Å². The highest BCUT2D eigenvalue weighted by atomic mass is 32.1. The molecular weight excluding hydrogens is 282 g/mol. The lowest BCUT2D eigenvalue weighted by Crippen LogP contribution is -2.15. The van der Waals surface area contributed by atoms with Gasteiger partial charge in [-0.3, -0.25) is 0 Å². The Hall–Kier alpha value is -2.27. The Balaban J connectivity index is 1.95. The molecule has 0 aliphatic carbocycles. The van der Waals surface area contributed by atoms with E-state index >= 15 is 0 Å². The molecule has 21 heavy (non-hydrogen) atoms. The molecule has 1 atom stereocenters. The third-order valence-electron chi connectivity index (χ3n) is 3.33. The highest BCUT2D eigenvalue weighted by Gasteiger charge is 2.19. The number of benzene rings is 1. The van der Waals surface area contributed by atoms with Crippen molar-refractivity contribution in [1.29, 1.82) is 0 Å². The lowest BCUT2D eigenvalue weighted by Gasteiger charge is -2.19. The number of nitrogens with zero attached hydrogens (tertiary/aromatic N) is 2. The Morgan fingerprint density at radius 2 is 2.19 bits per heavy atom. The van der Waals surface area contributed by atoms with Crippen molar-refractivity contribution in [3.8, 4) is 5.75 Å². The number of aromatic nitrogens is 2. The largest absolute Gasteiger partial charge is 0.497 e. The van der Waals surface area contributed by atoms with Crippen molar-refractivity contribution in [3.63, 3.8) is 0 Å². The van der Waals surface area contributed by atoms with Gasteiger partial charge in [-0.2, -0.15) is 0 Å². The Morgan fingerprint density at radius 1 is 1.29 bits per heavy atom. The summed E-state index contributed by atoms with van der Waals surface area (Å²) in [5, 5.41) is 5.63. The topological polar surface area (TPSA) is 39.1 Å². The minimum atomic E-state index is 0.0251. The van der Waals surface area contributed by atoms with E-state index in [0.717, 1.165) is 17.3 Å². The highest BCUT2D eigenvalue weighted by molar-refractivity contribution is 7.10. The third kappa shape index (κ3) is 2.92. The second-order valence-electron chi connectivity index (χ2n) is 4.72. The van der Waals surface area contributed by atoms with Gasteiger partial charge < -0.3 is 14.6 Å².